The molecule has 156 valence electrons. The first-order chi connectivity index (χ1) is 14.8. The molecule has 3 aromatic carbocycles. The van der Waals surface area contributed by atoms with Crippen molar-refractivity contribution in [3.05, 3.63) is 102 Å². The number of amides is 1. The van der Waals surface area contributed by atoms with E-state index < -0.39 is 21.2 Å². The Hall–Kier alpha value is -3.87. The summed E-state index contributed by atoms with van der Waals surface area (Å²) < 4.78 is 6.50. The lowest BCUT2D eigenvalue weighted by molar-refractivity contribution is -0.394. The average Bonchev–Trinajstić information content (AvgIpc) is 2.75. The van der Waals surface area contributed by atoms with E-state index in [0.717, 1.165) is 15.7 Å². The first-order valence-electron chi connectivity index (χ1n) is 8.63. The fourth-order valence-electron chi connectivity index (χ4n) is 2.43. The van der Waals surface area contributed by atoms with E-state index in [9.17, 15) is 25.0 Å². The minimum absolute atomic E-state index is 0.123. The Labute approximate surface area is 189 Å². The zero-order chi connectivity index (χ0) is 22.4. The van der Waals surface area contributed by atoms with Gasteiger partial charge in [0, 0.05) is 15.2 Å². The largest absolute Gasteiger partial charge is 0.450 e. The van der Waals surface area contributed by atoms with Gasteiger partial charge >= 0.3 is 5.69 Å². The molecule has 3 aromatic rings. The predicted octanol–water partition coefficient (Wildman–Crippen LogP) is 4.66. The lowest BCUT2D eigenvalue weighted by Crippen LogP contribution is -2.17. The van der Waals surface area contributed by atoms with Crippen LogP contribution in [0.1, 0.15) is 15.9 Å². The Bertz CT molecular complexity index is 1160. The van der Waals surface area contributed by atoms with Gasteiger partial charge in [0.05, 0.1) is 22.1 Å². The maximum absolute atomic E-state index is 12.0. The summed E-state index contributed by atoms with van der Waals surface area (Å²) >= 11 is 2.14. The lowest BCUT2D eigenvalue weighted by atomic mass is 10.2. The molecule has 1 N–H and O–H groups in total. The quantitative estimate of drug-likeness (QED) is 0.203. The van der Waals surface area contributed by atoms with E-state index >= 15 is 0 Å². The number of nitro groups is 2. The van der Waals surface area contributed by atoms with Crippen molar-refractivity contribution in [1.29, 1.82) is 0 Å². The lowest BCUT2D eigenvalue weighted by Gasteiger charge is -2.06. The van der Waals surface area contributed by atoms with E-state index in [1.54, 1.807) is 36.4 Å². The molecule has 0 aliphatic carbocycles. The smallest absolute Gasteiger partial charge is 0.318 e. The number of nitrogens with zero attached hydrogens (tertiary/aromatic N) is 3. The van der Waals surface area contributed by atoms with Crippen LogP contribution in [-0.4, -0.2) is 22.0 Å². The molecule has 0 aliphatic heterocycles. The second kappa shape index (κ2) is 9.75. The van der Waals surface area contributed by atoms with E-state index in [0.29, 0.717) is 11.1 Å². The van der Waals surface area contributed by atoms with Gasteiger partial charge in [0.2, 0.25) is 5.75 Å². The van der Waals surface area contributed by atoms with Crippen LogP contribution in [0, 0.1) is 23.8 Å². The number of hydrogen-bond acceptors (Lipinski definition) is 7. The van der Waals surface area contributed by atoms with Crippen molar-refractivity contribution in [1.82, 2.24) is 5.43 Å². The Morgan fingerprint density at radius 3 is 2.26 bits per heavy atom. The number of nitro benzene ring substituents is 2. The summed E-state index contributed by atoms with van der Waals surface area (Å²) in [7, 11) is 0. The van der Waals surface area contributed by atoms with Gasteiger partial charge in [-0.3, -0.25) is 25.0 Å². The third kappa shape index (κ3) is 5.82. The summed E-state index contributed by atoms with van der Waals surface area (Å²) in [6, 6.07) is 16.5. The maximum Gasteiger partial charge on any atom is 0.318 e. The molecule has 0 spiro atoms. The topological polar surface area (TPSA) is 137 Å². The summed E-state index contributed by atoms with van der Waals surface area (Å²) in [6.45, 7) is 0. The second-order valence-corrected chi connectivity index (χ2v) is 7.29. The monoisotopic (exact) mass is 532 g/mol. The van der Waals surface area contributed by atoms with Crippen LogP contribution >= 0.6 is 22.6 Å². The molecule has 31 heavy (non-hydrogen) atoms. The average molecular weight is 532 g/mol. The van der Waals surface area contributed by atoms with Crippen molar-refractivity contribution in [2.75, 3.05) is 0 Å². The molecule has 3 rings (SSSR count). The molecule has 0 radical (unpaired) electrons. The summed E-state index contributed by atoms with van der Waals surface area (Å²) in [5.74, 6) is -0.183. The number of non-ortho nitro benzene ring substituents is 1. The molecule has 11 heteroatoms. The van der Waals surface area contributed by atoms with Gasteiger partial charge in [0.15, 0.2) is 0 Å². The van der Waals surface area contributed by atoms with E-state index in [1.165, 1.54) is 12.3 Å². The van der Waals surface area contributed by atoms with Crippen molar-refractivity contribution >= 4 is 46.1 Å². The van der Waals surface area contributed by atoms with Gasteiger partial charge in [0.1, 0.15) is 5.75 Å². The predicted molar refractivity (Wildman–Crippen MR) is 120 cm³/mol. The number of carbonyl (C=O) groups is 1. The molecule has 0 atom stereocenters. The van der Waals surface area contributed by atoms with E-state index in [1.807, 2.05) is 12.1 Å². The number of hydrogen-bond donors (Lipinski definition) is 1. The van der Waals surface area contributed by atoms with Crippen LogP contribution in [0.25, 0.3) is 0 Å². The molecule has 0 saturated heterocycles. The summed E-state index contributed by atoms with van der Waals surface area (Å²) in [6.07, 6.45) is 1.43. The molecule has 10 nitrogen and oxygen atoms in total. The first kappa shape index (κ1) is 21.8. The third-order valence-electron chi connectivity index (χ3n) is 3.94. The van der Waals surface area contributed by atoms with E-state index in [2.05, 4.69) is 33.1 Å². The number of benzene rings is 3. The molecular formula is C20H13IN4O6. The van der Waals surface area contributed by atoms with Gasteiger partial charge in [-0.15, -0.1) is 0 Å². The van der Waals surface area contributed by atoms with Crippen LogP contribution in [0.4, 0.5) is 11.4 Å². The SMILES string of the molecule is O=C(N/N=C\c1ccc(Oc2ccc([N+](=O)[O-])cc2[N+](=O)[O-])cc1)c1ccc(I)cc1. The van der Waals surface area contributed by atoms with Crippen LogP contribution in [-0.2, 0) is 0 Å². The summed E-state index contributed by atoms with van der Waals surface area (Å²) in [5, 5.41) is 25.9. The van der Waals surface area contributed by atoms with E-state index in [4.69, 9.17) is 4.74 Å². The van der Waals surface area contributed by atoms with Crippen LogP contribution in [0.2, 0.25) is 0 Å². The Morgan fingerprint density at radius 1 is 0.968 bits per heavy atom. The summed E-state index contributed by atoms with van der Waals surface area (Å²) in [4.78, 5) is 32.5. The minimum Gasteiger partial charge on any atom is -0.450 e. The molecule has 0 bridgehead atoms. The van der Waals surface area contributed by atoms with Gasteiger partial charge in [-0.1, -0.05) is 0 Å². The highest BCUT2D eigenvalue weighted by atomic mass is 127. The van der Waals surface area contributed by atoms with Crippen LogP contribution in [0.3, 0.4) is 0 Å². The molecular weight excluding hydrogens is 519 g/mol. The number of halogens is 1. The van der Waals surface area contributed by atoms with Crippen LogP contribution in [0.5, 0.6) is 11.5 Å². The maximum atomic E-state index is 12.0. The normalized spacial score (nSPS) is 10.6. The first-order valence-corrected chi connectivity index (χ1v) is 9.71. The van der Waals surface area contributed by atoms with Gasteiger partial charge in [-0.05, 0) is 82.8 Å². The fourth-order valence-corrected chi connectivity index (χ4v) is 2.79. The molecule has 0 aromatic heterocycles. The molecule has 0 unspecified atom stereocenters. The van der Waals surface area contributed by atoms with Crippen molar-refractivity contribution < 1.29 is 19.4 Å². The number of rotatable bonds is 7. The zero-order valence-corrected chi connectivity index (χ0v) is 17.8. The molecule has 0 aliphatic rings. The molecule has 0 heterocycles. The van der Waals surface area contributed by atoms with Crippen molar-refractivity contribution in [3.63, 3.8) is 0 Å². The fraction of sp³-hybridized carbons (Fsp3) is 0. The Morgan fingerprint density at radius 2 is 1.65 bits per heavy atom. The molecule has 0 saturated carbocycles. The van der Waals surface area contributed by atoms with Gasteiger partial charge in [0.25, 0.3) is 11.6 Å². The van der Waals surface area contributed by atoms with Gasteiger partial charge in [-0.25, -0.2) is 5.43 Å². The Balaban J connectivity index is 1.66. The van der Waals surface area contributed by atoms with E-state index in [-0.39, 0.29) is 17.4 Å². The Kier molecular flexibility index (Phi) is 6.87. The highest BCUT2D eigenvalue weighted by Gasteiger charge is 2.21. The highest BCUT2D eigenvalue weighted by Crippen LogP contribution is 2.34. The number of nitrogens with one attached hydrogen (secondary N) is 1. The zero-order valence-electron chi connectivity index (χ0n) is 15.6. The van der Waals surface area contributed by atoms with Crippen LogP contribution < -0.4 is 10.2 Å². The minimum atomic E-state index is -0.750. The van der Waals surface area contributed by atoms with Crippen LogP contribution in [0.15, 0.2) is 71.8 Å². The van der Waals surface area contributed by atoms with Gasteiger partial charge < -0.3 is 4.74 Å². The van der Waals surface area contributed by atoms with Crippen molar-refractivity contribution in [3.8, 4) is 11.5 Å². The molecule has 0 fully saturated rings. The second-order valence-electron chi connectivity index (χ2n) is 6.04. The standard InChI is InChI=1S/C20H13IN4O6/c21-15-5-3-14(4-6-15)20(26)23-22-12-13-1-8-17(9-2-13)31-19-10-7-16(24(27)28)11-18(19)25(29)30/h1-12H,(H,23,26)/b22-12-. The summed E-state index contributed by atoms with van der Waals surface area (Å²) in [5.41, 5.74) is 2.63. The van der Waals surface area contributed by atoms with Crippen molar-refractivity contribution in [2.24, 2.45) is 5.10 Å². The molecule has 1 amide bonds. The number of hydrazone groups is 1. The number of ether oxygens (including phenoxy) is 1. The third-order valence-corrected chi connectivity index (χ3v) is 4.66. The number of carbonyl (C=O) groups excluding carboxylic acids is 1. The van der Waals surface area contributed by atoms with Gasteiger partial charge in [-0.2, -0.15) is 5.10 Å². The van der Waals surface area contributed by atoms with Crippen molar-refractivity contribution in [2.45, 2.75) is 0 Å². The highest BCUT2D eigenvalue weighted by molar-refractivity contribution is 14.1.